The van der Waals surface area contributed by atoms with Crippen LogP contribution in [-0.4, -0.2) is 52.7 Å². The Morgan fingerprint density at radius 1 is 1.39 bits per heavy atom. The maximum absolute atomic E-state index is 12.0. The van der Waals surface area contributed by atoms with Crippen molar-refractivity contribution >= 4 is 17.9 Å². The molecule has 23 heavy (non-hydrogen) atoms. The average Bonchev–Trinajstić information content (AvgIpc) is 3.27. The van der Waals surface area contributed by atoms with Gasteiger partial charge in [-0.05, 0) is 40.0 Å². The van der Waals surface area contributed by atoms with E-state index in [0.29, 0.717) is 6.42 Å². The van der Waals surface area contributed by atoms with Crippen molar-refractivity contribution in [1.82, 2.24) is 4.90 Å². The second-order valence-corrected chi connectivity index (χ2v) is 6.71. The smallest absolute Gasteiger partial charge is 0.410 e. The van der Waals surface area contributed by atoms with Crippen LogP contribution in [0, 0.1) is 5.92 Å². The number of nitrogens with zero attached hydrogens (tertiary/aromatic N) is 2. The van der Waals surface area contributed by atoms with Gasteiger partial charge in [0.2, 0.25) is 0 Å². The zero-order valence-corrected chi connectivity index (χ0v) is 14.4. The van der Waals surface area contributed by atoms with Gasteiger partial charge in [0.15, 0.2) is 6.10 Å². The highest BCUT2D eigenvalue weighted by Crippen LogP contribution is 2.28. The number of amides is 1. The molecule has 132 valence electrons. The Kier molecular flexibility index (Phi) is 6.37. The van der Waals surface area contributed by atoms with Crippen molar-refractivity contribution in [1.29, 1.82) is 0 Å². The molecular formula is C15H27N3O5. The van der Waals surface area contributed by atoms with Crippen LogP contribution in [0.1, 0.15) is 47.0 Å². The molecule has 0 aliphatic heterocycles. The van der Waals surface area contributed by atoms with Gasteiger partial charge < -0.3 is 25.3 Å². The number of hydrogen-bond acceptors (Lipinski definition) is 6. The molecule has 1 fully saturated rings. The summed E-state index contributed by atoms with van der Waals surface area (Å²) in [5.74, 6) is -0.540. The minimum absolute atomic E-state index is 0.159. The van der Waals surface area contributed by atoms with Crippen molar-refractivity contribution in [3.63, 3.8) is 0 Å². The molecule has 1 amide bonds. The zero-order chi connectivity index (χ0) is 17.8. The van der Waals surface area contributed by atoms with Crippen LogP contribution in [0.2, 0.25) is 0 Å². The average molecular weight is 329 g/mol. The molecule has 0 aromatic heterocycles. The van der Waals surface area contributed by atoms with E-state index in [4.69, 9.17) is 10.5 Å². The Morgan fingerprint density at radius 3 is 2.39 bits per heavy atom. The molecule has 1 unspecified atom stereocenters. The highest BCUT2D eigenvalue weighted by atomic mass is 16.7. The highest BCUT2D eigenvalue weighted by Gasteiger charge is 2.34. The van der Waals surface area contributed by atoms with Gasteiger partial charge in [0.25, 0.3) is 0 Å². The monoisotopic (exact) mass is 329 g/mol. The van der Waals surface area contributed by atoms with E-state index >= 15 is 0 Å². The van der Waals surface area contributed by atoms with E-state index in [2.05, 4.69) is 9.99 Å². The fourth-order valence-electron chi connectivity index (χ4n) is 1.94. The van der Waals surface area contributed by atoms with Gasteiger partial charge in [-0.1, -0.05) is 12.1 Å². The number of hydrogen-bond donors (Lipinski definition) is 2. The largest absolute Gasteiger partial charge is 0.444 e. The molecule has 1 saturated carbocycles. The lowest BCUT2D eigenvalue weighted by atomic mass is 10.1. The van der Waals surface area contributed by atoms with E-state index in [-0.39, 0.29) is 11.8 Å². The summed E-state index contributed by atoms with van der Waals surface area (Å²) in [5.41, 5.74) is 4.95. The maximum Gasteiger partial charge on any atom is 0.410 e. The number of oxime groups is 1. The molecule has 8 nitrogen and oxygen atoms in total. The first kappa shape index (κ1) is 19.2. The zero-order valence-electron chi connectivity index (χ0n) is 14.4. The number of likely N-dealkylation sites (N-methyl/N-ethyl adjacent to an activating group) is 1. The fraction of sp³-hybridized carbons (Fsp3) is 0.800. The van der Waals surface area contributed by atoms with Crippen LogP contribution in [0.3, 0.4) is 0 Å². The second-order valence-electron chi connectivity index (χ2n) is 6.71. The topological polar surface area (TPSA) is 114 Å². The van der Waals surface area contributed by atoms with Crippen LogP contribution < -0.4 is 5.73 Å². The molecule has 0 radical (unpaired) electrons. The predicted molar refractivity (Wildman–Crippen MR) is 84.5 cm³/mol. The van der Waals surface area contributed by atoms with E-state index in [1.54, 1.807) is 27.7 Å². The van der Waals surface area contributed by atoms with Crippen LogP contribution in [0.25, 0.3) is 0 Å². The Bertz CT molecular complexity index is 468. The molecule has 2 atom stereocenters. The van der Waals surface area contributed by atoms with Crippen molar-refractivity contribution in [2.45, 2.75) is 64.7 Å². The minimum atomic E-state index is -1.53. The first-order valence-corrected chi connectivity index (χ1v) is 7.75. The first-order chi connectivity index (χ1) is 10.6. The second kappa shape index (κ2) is 7.63. The molecule has 0 aromatic carbocycles. The summed E-state index contributed by atoms with van der Waals surface area (Å²) in [6.45, 7) is 6.95. The Hall–Kier alpha value is -1.83. The molecule has 0 spiro atoms. The third kappa shape index (κ3) is 6.05. The van der Waals surface area contributed by atoms with Crippen LogP contribution in [0.4, 0.5) is 4.79 Å². The molecule has 8 heteroatoms. The molecule has 1 aliphatic carbocycles. The third-order valence-electron chi connectivity index (χ3n) is 3.44. The molecule has 0 aromatic rings. The first-order valence-electron chi connectivity index (χ1n) is 7.75. The molecular weight excluding hydrogens is 302 g/mol. The molecule has 1 rings (SSSR count). The van der Waals surface area contributed by atoms with Crippen LogP contribution in [-0.2, 0) is 14.4 Å². The molecule has 0 bridgehead atoms. The van der Waals surface area contributed by atoms with Crippen molar-refractivity contribution in [3.8, 4) is 0 Å². The number of rotatable bonds is 6. The van der Waals surface area contributed by atoms with Crippen molar-refractivity contribution in [3.05, 3.63) is 0 Å². The number of aliphatic hydroxyl groups excluding tert-OH is 1. The van der Waals surface area contributed by atoms with E-state index in [0.717, 1.165) is 12.8 Å². The molecule has 0 heterocycles. The van der Waals surface area contributed by atoms with Gasteiger partial charge in [0.05, 0.1) is 6.04 Å². The lowest BCUT2D eigenvalue weighted by molar-refractivity contribution is -0.157. The van der Waals surface area contributed by atoms with Crippen LogP contribution in [0.5, 0.6) is 0 Å². The van der Waals surface area contributed by atoms with Gasteiger partial charge in [0, 0.05) is 13.0 Å². The summed E-state index contributed by atoms with van der Waals surface area (Å²) in [6.07, 6.45) is 0.0295. The standard InChI is InChI=1S/C15H27N3O5/c1-6-10(18(5)14(21)22-15(2,3)4)11(19)13(20)23-17-12(16)9-7-8-9/h9-11,19H,6-8H2,1-5H3,(H2,16,17)/t10-,11?/m0/s1. The Labute approximate surface area is 136 Å². The van der Waals surface area contributed by atoms with E-state index in [1.807, 2.05) is 0 Å². The van der Waals surface area contributed by atoms with E-state index < -0.39 is 29.8 Å². The predicted octanol–water partition coefficient (Wildman–Crippen LogP) is 1.22. The van der Waals surface area contributed by atoms with Gasteiger partial charge >= 0.3 is 12.1 Å². The number of ether oxygens (including phenoxy) is 1. The van der Waals surface area contributed by atoms with Crippen LogP contribution in [0.15, 0.2) is 5.16 Å². The summed E-state index contributed by atoms with van der Waals surface area (Å²) in [6, 6.07) is -0.783. The van der Waals surface area contributed by atoms with Gasteiger partial charge in [-0.2, -0.15) is 0 Å². The number of carbonyl (C=O) groups is 2. The minimum Gasteiger partial charge on any atom is -0.444 e. The van der Waals surface area contributed by atoms with Gasteiger partial charge in [0.1, 0.15) is 11.4 Å². The Morgan fingerprint density at radius 2 is 1.96 bits per heavy atom. The lowest BCUT2D eigenvalue weighted by Gasteiger charge is -2.31. The summed E-state index contributed by atoms with van der Waals surface area (Å²) >= 11 is 0. The van der Waals surface area contributed by atoms with Gasteiger partial charge in [-0.15, -0.1) is 0 Å². The van der Waals surface area contributed by atoms with Crippen molar-refractivity contribution in [2.75, 3.05) is 7.05 Å². The van der Waals surface area contributed by atoms with Crippen molar-refractivity contribution in [2.24, 2.45) is 16.8 Å². The highest BCUT2D eigenvalue weighted by molar-refractivity contribution is 5.85. The fourth-order valence-corrected chi connectivity index (χ4v) is 1.94. The maximum atomic E-state index is 12.0. The Balaban J connectivity index is 2.65. The molecule has 1 aliphatic rings. The van der Waals surface area contributed by atoms with E-state index in [9.17, 15) is 14.7 Å². The quantitative estimate of drug-likeness (QED) is 0.328. The van der Waals surface area contributed by atoms with Gasteiger partial charge in [-0.3, -0.25) is 0 Å². The van der Waals surface area contributed by atoms with Crippen molar-refractivity contribution < 1.29 is 24.3 Å². The number of carbonyl (C=O) groups excluding carboxylic acids is 2. The molecule has 0 saturated heterocycles. The number of amidine groups is 1. The summed E-state index contributed by atoms with van der Waals surface area (Å²) in [5, 5.41) is 13.7. The normalized spacial score (nSPS) is 18.1. The molecule has 3 N–H and O–H groups in total. The third-order valence-corrected chi connectivity index (χ3v) is 3.44. The lowest BCUT2D eigenvalue weighted by Crippen LogP contribution is -2.49. The summed E-state index contributed by atoms with van der Waals surface area (Å²) in [7, 11) is 1.46. The number of nitrogens with two attached hydrogens (primary N) is 1. The van der Waals surface area contributed by atoms with Gasteiger partial charge in [-0.25, -0.2) is 9.59 Å². The van der Waals surface area contributed by atoms with Crippen LogP contribution >= 0.6 is 0 Å². The summed E-state index contributed by atoms with van der Waals surface area (Å²) < 4.78 is 5.23. The van der Waals surface area contributed by atoms with E-state index in [1.165, 1.54) is 11.9 Å². The summed E-state index contributed by atoms with van der Waals surface area (Å²) in [4.78, 5) is 29.8. The number of aliphatic hydroxyl groups is 1. The SMILES string of the molecule is CC[C@@H](C(O)C(=O)O/N=C(\N)C1CC1)N(C)C(=O)OC(C)(C)C.